The molecule has 5 heteroatoms. The Labute approximate surface area is 144 Å². The molecule has 3 aliphatic heterocycles. The van der Waals surface area contributed by atoms with Gasteiger partial charge in [-0.05, 0) is 64.3 Å². The molecule has 3 fully saturated rings. The van der Waals surface area contributed by atoms with Crippen molar-refractivity contribution in [3.05, 3.63) is 29.6 Å². The Kier molecular flexibility index (Phi) is 4.31. The molecule has 4 rings (SSSR count). The Morgan fingerprint density at radius 2 is 1.96 bits per heavy atom. The summed E-state index contributed by atoms with van der Waals surface area (Å²) in [4.78, 5) is 21.4. The van der Waals surface area contributed by atoms with Crippen molar-refractivity contribution >= 4 is 5.91 Å². The molecule has 1 aromatic rings. The number of hydrogen-bond donors (Lipinski definition) is 0. The molecule has 1 spiro atoms. The lowest BCUT2D eigenvalue weighted by molar-refractivity contribution is -0.0393. The van der Waals surface area contributed by atoms with E-state index in [2.05, 4.69) is 9.88 Å². The molecule has 0 aromatic carbocycles. The van der Waals surface area contributed by atoms with E-state index < -0.39 is 0 Å². The number of carbonyl (C=O) groups excluding carboxylic acids is 1. The third-order valence-electron chi connectivity index (χ3n) is 5.97. The predicted octanol–water partition coefficient (Wildman–Crippen LogP) is 2.25. The monoisotopic (exact) mass is 329 g/mol. The average Bonchev–Trinajstić information content (AvgIpc) is 3.26. The number of nitrogens with zero attached hydrogens (tertiary/aromatic N) is 3. The number of piperidine rings is 1. The Morgan fingerprint density at radius 3 is 2.62 bits per heavy atom. The second kappa shape index (κ2) is 6.45. The maximum absolute atomic E-state index is 12.6. The van der Waals surface area contributed by atoms with Crippen LogP contribution in [0.3, 0.4) is 0 Å². The van der Waals surface area contributed by atoms with E-state index >= 15 is 0 Å². The molecule has 5 nitrogen and oxygen atoms in total. The number of hydrogen-bond acceptors (Lipinski definition) is 4. The van der Waals surface area contributed by atoms with E-state index in [-0.39, 0.29) is 11.5 Å². The van der Waals surface area contributed by atoms with Crippen LogP contribution in [0.4, 0.5) is 0 Å². The van der Waals surface area contributed by atoms with Crippen LogP contribution in [0.2, 0.25) is 0 Å². The highest BCUT2D eigenvalue weighted by Gasteiger charge is 2.45. The third kappa shape index (κ3) is 3.07. The standard InChI is InChI=1S/C19H27N3O2/c1-15-4-5-16(13-20-15)18(23)22-10-6-19(7-11-22)12-17(14-24-19)21-8-2-3-9-21/h4-5,13,17H,2-3,6-12,14H2,1H3/t17-/m1/s1. The summed E-state index contributed by atoms with van der Waals surface area (Å²) in [6.45, 7) is 6.85. The first-order chi connectivity index (χ1) is 11.7. The fourth-order valence-electron chi connectivity index (χ4n) is 4.40. The Bertz CT molecular complexity index is 587. The van der Waals surface area contributed by atoms with Gasteiger partial charge in [-0.3, -0.25) is 14.7 Å². The molecular weight excluding hydrogens is 302 g/mol. The lowest BCUT2D eigenvalue weighted by Gasteiger charge is -2.39. The molecule has 1 atom stereocenters. The summed E-state index contributed by atoms with van der Waals surface area (Å²) >= 11 is 0. The van der Waals surface area contributed by atoms with Crippen molar-refractivity contribution in [2.24, 2.45) is 0 Å². The number of pyridine rings is 1. The smallest absolute Gasteiger partial charge is 0.255 e. The molecule has 0 N–H and O–H groups in total. The van der Waals surface area contributed by atoms with E-state index in [4.69, 9.17) is 4.74 Å². The quantitative estimate of drug-likeness (QED) is 0.835. The highest BCUT2D eigenvalue weighted by atomic mass is 16.5. The molecule has 0 bridgehead atoms. The summed E-state index contributed by atoms with van der Waals surface area (Å²) in [5, 5.41) is 0. The number of likely N-dealkylation sites (tertiary alicyclic amines) is 2. The van der Waals surface area contributed by atoms with E-state index in [1.807, 2.05) is 24.0 Å². The Morgan fingerprint density at radius 1 is 1.21 bits per heavy atom. The van der Waals surface area contributed by atoms with Crippen LogP contribution in [0, 0.1) is 6.92 Å². The van der Waals surface area contributed by atoms with Crippen molar-refractivity contribution in [3.63, 3.8) is 0 Å². The molecular formula is C19H27N3O2. The van der Waals surface area contributed by atoms with Crippen molar-refractivity contribution < 1.29 is 9.53 Å². The van der Waals surface area contributed by atoms with Gasteiger partial charge >= 0.3 is 0 Å². The number of aromatic nitrogens is 1. The van der Waals surface area contributed by atoms with Crippen molar-refractivity contribution in [1.82, 2.24) is 14.8 Å². The zero-order chi connectivity index (χ0) is 16.6. The van der Waals surface area contributed by atoms with Crippen LogP contribution in [0.1, 0.15) is 48.2 Å². The third-order valence-corrected chi connectivity index (χ3v) is 5.97. The van der Waals surface area contributed by atoms with Gasteiger partial charge in [-0.1, -0.05) is 0 Å². The minimum Gasteiger partial charge on any atom is -0.373 e. The topological polar surface area (TPSA) is 45.7 Å². The summed E-state index contributed by atoms with van der Waals surface area (Å²) in [7, 11) is 0. The lowest BCUT2D eigenvalue weighted by Crippen LogP contribution is -2.47. The van der Waals surface area contributed by atoms with Crippen molar-refractivity contribution in [2.45, 2.75) is 50.7 Å². The van der Waals surface area contributed by atoms with Gasteiger partial charge < -0.3 is 9.64 Å². The van der Waals surface area contributed by atoms with Gasteiger partial charge in [0.1, 0.15) is 0 Å². The fraction of sp³-hybridized carbons (Fsp3) is 0.684. The normalized spacial score (nSPS) is 27.0. The van der Waals surface area contributed by atoms with E-state index in [9.17, 15) is 4.79 Å². The highest BCUT2D eigenvalue weighted by molar-refractivity contribution is 5.94. The molecule has 3 saturated heterocycles. The molecule has 0 radical (unpaired) electrons. The van der Waals surface area contributed by atoms with Gasteiger partial charge in [-0.25, -0.2) is 0 Å². The maximum Gasteiger partial charge on any atom is 0.255 e. The highest BCUT2D eigenvalue weighted by Crippen LogP contribution is 2.38. The first-order valence-corrected chi connectivity index (χ1v) is 9.25. The molecule has 0 unspecified atom stereocenters. The first-order valence-electron chi connectivity index (χ1n) is 9.25. The van der Waals surface area contributed by atoms with Gasteiger partial charge in [0.25, 0.3) is 5.91 Å². The van der Waals surface area contributed by atoms with Crippen molar-refractivity contribution in [2.75, 3.05) is 32.8 Å². The average molecular weight is 329 g/mol. The summed E-state index contributed by atoms with van der Waals surface area (Å²) < 4.78 is 6.26. The van der Waals surface area contributed by atoms with E-state index in [0.717, 1.165) is 44.7 Å². The van der Waals surface area contributed by atoms with Gasteiger partial charge in [0.2, 0.25) is 0 Å². The molecule has 24 heavy (non-hydrogen) atoms. The summed E-state index contributed by atoms with van der Waals surface area (Å²) in [6.07, 6.45) is 7.41. The van der Waals surface area contributed by atoms with E-state index in [1.165, 1.54) is 25.9 Å². The second-order valence-corrected chi connectivity index (χ2v) is 7.58. The van der Waals surface area contributed by atoms with Crippen molar-refractivity contribution in [1.29, 1.82) is 0 Å². The van der Waals surface area contributed by atoms with Crippen LogP contribution in [0.5, 0.6) is 0 Å². The molecule has 4 heterocycles. The van der Waals surface area contributed by atoms with Crippen LogP contribution in [0.15, 0.2) is 18.3 Å². The van der Waals surface area contributed by atoms with Gasteiger partial charge in [-0.2, -0.15) is 0 Å². The van der Waals surface area contributed by atoms with Crippen LogP contribution in [0.25, 0.3) is 0 Å². The van der Waals surface area contributed by atoms with Crippen LogP contribution < -0.4 is 0 Å². The number of rotatable bonds is 2. The summed E-state index contributed by atoms with van der Waals surface area (Å²) in [5.74, 6) is 0.103. The largest absolute Gasteiger partial charge is 0.373 e. The van der Waals surface area contributed by atoms with Crippen molar-refractivity contribution in [3.8, 4) is 0 Å². The zero-order valence-electron chi connectivity index (χ0n) is 14.5. The van der Waals surface area contributed by atoms with Gasteiger partial charge in [0.05, 0.1) is 17.8 Å². The number of amides is 1. The predicted molar refractivity (Wildman–Crippen MR) is 92.0 cm³/mol. The molecule has 1 aromatic heterocycles. The molecule has 1 amide bonds. The SMILES string of the molecule is Cc1ccc(C(=O)N2CCC3(CC2)C[C@@H](N2CCCC2)CO3)cn1. The van der Waals surface area contributed by atoms with Gasteiger partial charge in [-0.15, -0.1) is 0 Å². The Balaban J connectivity index is 1.35. The first kappa shape index (κ1) is 16.0. The van der Waals surface area contributed by atoms with E-state index in [1.54, 1.807) is 6.20 Å². The van der Waals surface area contributed by atoms with Crippen LogP contribution >= 0.6 is 0 Å². The zero-order valence-corrected chi connectivity index (χ0v) is 14.5. The molecule has 0 saturated carbocycles. The maximum atomic E-state index is 12.6. The number of ether oxygens (including phenoxy) is 1. The van der Waals surface area contributed by atoms with Crippen LogP contribution in [-0.2, 0) is 4.74 Å². The molecule has 130 valence electrons. The van der Waals surface area contributed by atoms with Crippen LogP contribution in [-0.4, -0.2) is 65.1 Å². The summed E-state index contributed by atoms with van der Waals surface area (Å²) in [6, 6.07) is 4.38. The Hall–Kier alpha value is -1.46. The number of aryl methyl sites for hydroxylation is 1. The minimum atomic E-state index is 0.00949. The number of carbonyl (C=O) groups is 1. The second-order valence-electron chi connectivity index (χ2n) is 7.58. The molecule has 3 aliphatic rings. The lowest BCUT2D eigenvalue weighted by atomic mass is 9.87. The fourth-order valence-corrected chi connectivity index (χ4v) is 4.40. The summed E-state index contributed by atoms with van der Waals surface area (Å²) in [5.41, 5.74) is 1.64. The van der Waals surface area contributed by atoms with Gasteiger partial charge in [0, 0.05) is 31.0 Å². The van der Waals surface area contributed by atoms with E-state index in [0.29, 0.717) is 11.6 Å². The van der Waals surface area contributed by atoms with Gasteiger partial charge in [0.15, 0.2) is 0 Å². The minimum absolute atomic E-state index is 0.00949. The molecule has 0 aliphatic carbocycles.